The van der Waals surface area contributed by atoms with Gasteiger partial charge in [-0.25, -0.2) is 0 Å². The zero-order valence-corrected chi connectivity index (χ0v) is 9.49. The van der Waals surface area contributed by atoms with Crippen molar-refractivity contribution in [2.24, 2.45) is 0 Å². The summed E-state index contributed by atoms with van der Waals surface area (Å²) >= 11 is 0. The van der Waals surface area contributed by atoms with E-state index in [4.69, 9.17) is 9.15 Å². The number of furan rings is 1. The third-order valence-electron chi connectivity index (χ3n) is 2.42. The van der Waals surface area contributed by atoms with Crippen molar-refractivity contribution in [1.29, 1.82) is 0 Å². The molecule has 0 radical (unpaired) electrons. The summed E-state index contributed by atoms with van der Waals surface area (Å²) in [6.45, 7) is 2.79. The number of nitrogens with one attached hydrogen (secondary N) is 1. The second-order valence-corrected chi connectivity index (χ2v) is 3.69. The molecular weight excluding hydrogens is 202 g/mol. The van der Waals surface area contributed by atoms with Crippen molar-refractivity contribution in [3.63, 3.8) is 0 Å². The predicted octanol–water partition coefficient (Wildman–Crippen LogP) is 3.21. The molecule has 0 atom stereocenters. The van der Waals surface area contributed by atoms with Crippen molar-refractivity contribution in [1.82, 2.24) is 0 Å². The van der Waals surface area contributed by atoms with E-state index in [1.807, 2.05) is 18.2 Å². The van der Waals surface area contributed by atoms with Crippen molar-refractivity contribution < 1.29 is 9.15 Å². The summed E-state index contributed by atoms with van der Waals surface area (Å²) in [6.07, 6.45) is 3.40. The highest BCUT2D eigenvalue weighted by molar-refractivity contribution is 5.58. The molecule has 3 heteroatoms. The Morgan fingerprint density at radius 1 is 1.31 bits per heavy atom. The fraction of sp³-hybridized carbons (Fsp3) is 0.231. The van der Waals surface area contributed by atoms with E-state index < -0.39 is 0 Å². The van der Waals surface area contributed by atoms with Gasteiger partial charge in [-0.3, -0.25) is 0 Å². The number of hydrogen-bond acceptors (Lipinski definition) is 3. The van der Waals surface area contributed by atoms with Gasteiger partial charge in [0.15, 0.2) is 0 Å². The largest absolute Gasteiger partial charge is 0.495 e. The van der Waals surface area contributed by atoms with Gasteiger partial charge < -0.3 is 14.5 Å². The lowest BCUT2D eigenvalue weighted by atomic mass is 10.2. The average Bonchev–Trinajstić information content (AvgIpc) is 2.79. The summed E-state index contributed by atoms with van der Waals surface area (Å²) in [5, 5.41) is 3.32. The van der Waals surface area contributed by atoms with E-state index in [0.29, 0.717) is 0 Å². The van der Waals surface area contributed by atoms with Gasteiger partial charge in [-0.15, -0.1) is 0 Å². The van der Waals surface area contributed by atoms with Crippen molar-refractivity contribution in [2.45, 2.75) is 13.5 Å². The minimum absolute atomic E-state index is 0.732. The van der Waals surface area contributed by atoms with E-state index in [0.717, 1.165) is 23.5 Å². The van der Waals surface area contributed by atoms with Gasteiger partial charge in [-0.05, 0) is 30.7 Å². The molecular formula is C13H15NO2. The average molecular weight is 217 g/mol. The number of benzene rings is 1. The third-order valence-corrected chi connectivity index (χ3v) is 2.42. The molecule has 1 aromatic heterocycles. The molecule has 84 valence electrons. The Hall–Kier alpha value is -1.90. The smallest absolute Gasteiger partial charge is 0.141 e. The molecule has 0 saturated carbocycles. The molecule has 0 aliphatic heterocycles. The van der Waals surface area contributed by atoms with Gasteiger partial charge in [0.25, 0.3) is 0 Å². The van der Waals surface area contributed by atoms with Crippen LogP contribution in [0.25, 0.3) is 0 Å². The quantitative estimate of drug-likeness (QED) is 0.853. The van der Waals surface area contributed by atoms with E-state index in [1.165, 1.54) is 5.56 Å². The van der Waals surface area contributed by atoms with Gasteiger partial charge in [-0.1, -0.05) is 6.07 Å². The second kappa shape index (κ2) is 4.75. The van der Waals surface area contributed by atoms with Crippen LogP contribution in [0.1, 0.15) is 11.1 Å². The van der Waals surface area contributed by atoms with Crippen molar-refractivity contribution in [3.05, 3.63) is 47.9 Å². The molecule has 3 nitrogen and oxygen atoms in total. The van der Waals surface area contributed by atoms with Crippen LogP contribution in [-0.4, -0.2) is 7.11 Å². The van der Waals surface area contributed by atoms with E-state index in [-0.39, 0.29) is 0 Å². The van der Waals surface area contributed by atoms with E-state index >= 15 is 0 Å². The first-order valence-electron chi connectivity index (χ1n) is 5.19. The van der Waals surface area contributed by atoms with E-state index in [9.17, 15) is 0 Å². The summed E-state index contributed by atoms with van der Waals surface area (Å²) in [6, 6.07) is 8.00. The molecule has 0 unspecified atom stereocenters. The van der Waals surface area contributed by atoms with Crippen LogP contribution in [0.5, 0.6) is 5.75 Å². The van der Waals surface area contributed by atoms with E-state index in [2.05, 4.69) is 18.3 Å². The van der Waals surface area contributed by atoms with Crippen LogP contribution in [0, 0.1) is 6.92 Å². The summed E-state index contributed by atoms with van der Waals surface area (Å²) in [4.78, 5) is 0. The first kappa shape index (κ1) is 10.6. The molecule has 0 saturated heterocycles. The van der Waals surface area contributed by atoms with Crippen LogP contribution >= 0.6 is 0 Å². The second-order valence-electron chi connectivity index (χ2n) is 3.69. The normalized spacial score (nSPS) is 10.1. The molecule has 0 aliphatic rings. The van der Waals surface area contributed by atoms with Crippen LogP contribution in [0.15, 0.2) is 41.2 Å². The maximum atomic E-state index is 5.28. The number of methoxy groups -OCH3 is 1. The first-order valence-corrected chi connectivity index (χ1v) is 5.19. The van der Waals surface area contributed by atoms with Gasteiger partial charge in [0.05, 0.1) is 25.3 Å². The third kappa shape index (κ3) is 2.37. The summed E-state index contributed by atoms with van der Waals surface area (Å²) in [5.74, 6) is 0.856. The summed E-state index contributed by atoms with van der Waals surface area (Å²) in [7, 11) is 1.67. The van der Waals surface area contributed by atoms with Gasteiger partial charge in [0, 0.05) is 12.1 Å². The van der Waals surface area contributed by atoms with Gasteiger partial charge in [-0.2, -0.15) is 0 Å². The molecule has 0 fully saturated rings. The van der Waals surface area contributed by atoms with Gasteiger partial charge >= 0.3 is 0 Å². The highest BCUT2D eigenvalue weighted by Crippen LogP contribution is 2.25. The Kier molecular flexibility index (Phi) is 3.15. The molecule has 16 heavy (non-hydrogen) atoms. The molecule has 0 amide bonds. The molecule has 0 bridgehead atoms. The number of hydrogen-bond donors (Lipinski definition) is 1. The Balaban J connectivity index is 2.11. The minimum atomic E-state index is 0.732. The Bertz CT molecular complexity index is 449. The Morgan fingerprint density at radius 3 is 2.88 bits per heavy atom. The number of ether oxygens (including phenoxy) is 1. The zero-order chi connectivity index (χ0) is 11.4. The Morgan fingerprint density at radius 2 is 2.19 bits per heavy atom. The molecule has 0 spiro atoms. The molecule has 1 N–H and O–H groups in total. The van der Waals surface area contributed by atoms with Crippen LogP contribution in [0.3, 0.4) is 0 Å². The van der Waals surface area contributed by atoms with Crippen molar-refractivity contribution in [2.75, 3.05) is 12.4 Å². The topological polar surface area (TPSA) is 34.4 Å². The van der Waals surface area contributed by atoms with Crippen LogP contribution < -0.4 is 10.1 Å². The first-order chi connectivity index (χ1) is 7.79. The summed E-state index contributed by atoms with van der Waals surface area (Å²) in [5.41, 5.74) is 3.32. The predicted molar refractivity (Wildman–Crippen MR) is 63.8 cm³/mol. The minimum Gasteiger partial charge on any atom is -0.495 e. The fourth-order valence-electron chi connectivity index (χ4n) is 1.55. The lowest BCUT2D eigenvalue weighted by molar-refractivity contribution is 0.416. The summed E-state index contributed by atoms with van der Waals surface area (Å²) < 4.78 is 10.3. The molecule has 1 heterocycles. The van der Waals surface area contributed by atoms with Crippen LogP contribution in [0.2, 0.25) is 0 Å². The maximum absolute atomic E-state index is 5.28. The fourth-order valence-corrected chi connectivity index (χ4v) is 1.55. The monoisotopic (exact) mass is 217 g/mol. The van der Waals surface area contributed by atoms with E-state index in [1.54, 1.807) is 19.6 Å². The number of anilines is 1. The highest BCUT2D eigenvalue weighted by atomic mass is 16.5. The molecule has 1 aromatic carbocycles. The van der Waals surface area contributed by atoms with Crippen LogP contribution in [-0.2, 0) is 6.54 Å². The van der Waals surface area contributed by atoms with Gasteiger partial charge in [0.1, 0.15) is 5.75 Å². The zero-order valence-electron chi connectivity index (χ0n) is 9.49. The lowest BCUT2D eigenvalue weighted by Gasteiger charge is -2.11. The van der Waals surface area contributed by atoms with Crippen molar-refractivity contribution >= 4 is 5.69 Å². The standard InChI is InChI=1S/C13H15NO2/c1-10-3-4-13(15-2)12(7-10)14-8-11-5-6-16-9-11/h3-7,9,14H,8H2,1-2H3. The SMILES string of the molecule is COc1ccc(C)cc1NCc1ccoc1. The maximum Gasteiger partial charge on any atom is 0.141 e. The van der Waals surface area contributed by atoms with Crippen molar-refractivity contribution in [3.8, 4) is 5.75 Å². The Labute approximate surface area is 95.0 Å². The number of aryl methyl sites for hydroxylation is 1. The molecule has 2 rings (SSSR count). The highest BCUT2D eigenvalue weighted by Gasteiger charge is 2.02. The molecule has 0 aliphatic carbocycles. The van der Waals surface area contributed by atoms with Crippen LogP contribution in [0.4, 0.5) is 5.69 Å². The number of rotatable bonds is 4. The lowest BCUT2D eigenvalue weighted by Crippen LogP contribution is -2.00. The molecule has 2 aromatic rings. The van der Waals surface area contributed by atoms with Gasteiger partial charge in [0.2, 0.25) is 0 Å².